The third-order valence-corrected chi connectivity index (χ3v) is 1.56. The molecule has 0 unspecified atom stereocenters. The van der Waals surface area contributed by atoms with Crippen molar-refractivity contribution in [2.45, 2.75) is 39.5 Å². The van der Waals surface area contributed by atoms with Gasteiger partial charge in [-0.25, -0.2) is 0 Å². The van der Waals surface area contributed by atoms with Crippen molar-refractivity contribution in [1.29, 1.82) is 0 Å². The fourth-order valence-electron chi connectivity index (χ4n) is 0.907. The molecule has 0 heterocycles. The molecule has 0 aromatic rings. The van der Waals surface area contributed by atoms with Crippen LogP contribution in [0.1, 0.15) is 39.5 Å². The zero-order valence-corrected chi connectivity index (χ0v) is 8.08. The second-order valence-electron chi connectivity index (χ2n) is 2.75. The van der Waals surface area contributed by atoms with E-state index >= 15 is 0 Å². The Kier molecular flexibility index (Phi) is 7.65. The molecule has 0 atom stereocenters. The SMILES string of the molecule is CCCCN=C(C=NN)CCC. The molecule has 0 saturated carbocycles. The van der Waals surface area contributed by atoms with Crippen LogP contribution in [-0.4, -0.2) is 18.5 Å². The Hall–Kier alpha value is -0.860. The maximum atomic E-state index is 5.05. The van der Waals surface area contributed by atoms with Crippen LogP contribution in [0.3, 0.4) is 0 Å². The molecule has 0 aromatic heterocycles. The van der Waals surface area contributed by atoms with E-state index in [9.17, 15) is 0 Å². The second-order valence-corrected chi connectivity index (χ2v) is 2.75. The van der Waals surface area contributed by atoms with Gasteiger partial charge in [0, 0.05) is 6.54 Å². The Bertz CT molecular complexity index is 150. The first kappa shape index (κ1) is 11.1. The average Bonchev–Trinajstić information content (AvgIpc) is 2.06. The monoisotopic (exact) mass is 169 g/mol. The normalized spacial score (nSPS) is 12.7. The minimum Gasteiger partial charge on any atom is -0.323 e. The van der Waals surface area contributed by atoms with E-state index in [0.717, 1.165) is 31.5 Å². The highest BCUT2D eigenvalue weighted by atomic mass is 15.1. The molecule has 2 N–H and O–H groups in total. The van der Waals surface area contributed by atoms with Crippen molar-refractivity contribution < 1.29 is 0 Å². The number of unbranched alkanes of at least 4 members (excludes halogenated alkanes) is 1. The Morgan fingerprint density at radius 2 is 2.08 bits per heavy atom. The first-order chi connectivity index (χ1) is 5.85. The van der Waals surface area contributed by atoms with Crippen molar-refractivity contribution in [3.63, 3.8) is 0 Å². The van der Waals surface area contributed by atoms with Gasteiger partial charge in [-0.15, -0.1) is 0 Å². The molecular weight excluding hydrogens is 150 g/mol. The van der Waals surface area contributed by atoms with Gasteiger partial charge in [-0.05, 0) is 12.8 Å². The average molecular weight is 169 g/mol. The number of hydrogen-bond donors (Lipinski definition) is 1. The lowest BCUT2D eigenvalue weighted by atomic mass is 10.2. The number of rotatable bonds is 6. The van der Waals surface area contributed by atoms with E-state index in [1.165, 1.54) is 6.42 Å². The molecule has 0 rings (SSSR count). The van der Waals surface area contributed by atoms with Gasteiger partial charge in [0.05, 0.1) is 11.9 Å². The molecular formula is C9H19N3. The number of hydrazone groups is 1. The lowest BCUT2D eigenvalue weighted by Crippen LogP contribution is -2.02. The van der Waals surface area contributed by atoms with E-state index < -0.39 is 0 Å². The maximum Gasteiger partial charge on any atom is 0.0676 e. The maximum absolute atomic E-state index is 5.05. The molecule has 3 heteroatoms. The van der Waals surface area contributed by atoms with Crippen molar-refractivity contribution in [2.75, 3.05) is 6.54 Å². The van der Waals surface area contributed by atoms with E-state index in [1.54, 1.807) is 6.21 Å². The first-order valence-corrected chi connectivity index (χ1v) is 4.61. The van der Waals surface area contributed by atoms with Gasteiger partial charge in [0.25, 0.3) is 0 Å². The van der Waals surface area contributed by atoms with Crippen LogP contribution in [-0.2, 0) is 0 Å². The fraction of sp³-hybridized carbons (Fsp3) is 0.778. The summed E-state index contributed by atoms with van der Waals surface area (Å²) in [6.45, 7) is 5.18. The van der Waals surface area contributed by atoms with Gasteiger partial charge in [-0.3, -0.25) is 4.99 Å². The Morgan fingerprint density at radius 3 is 2.58 bits per heavy atom. The lowest BCUT2D eigenvalue weighted by molar-refractivity contribution is 0.805. The van der Waals surface area contributed by atoms with Crippen molar-refractivity contribution in [3.05, 3.63) is 0 Å². The largest absolute Gasteiger partial charge is 0.323 e. The summed E-state index contributed by atoms with van der Waals surface area (Å²) in [5.41, 5.74) is 1.02. The zero-order chi connectivity index (χ0) is 9.23. The molecule has 0 amide bonds. The summed E-state index contributed by atoms with van der Waals surface area (Å²) in [5, 5.41) is 3.48. The standard InChI is InChI=1S/C9H19N3/c1-3-5-7-11-9(6-4-2)8-12-10/h8H,3-7,10H2,1-2H3. The summed E-state index contributed by atoms with van der Waals surface area (Å²) >= 11 is 0. The van der Waals surface area contributed by atoms with Crippen LogP contribution < -0.4 is 5.84 Å². The van der Waals surface area contributed by atoms with Gasteiger partial charge in [0.15, 0.2) is 0 Å². The highest BCUT2D eigenvalue weighted by Gasteiger charge is 1.92. The summed E-state index contributed by atoms with van der Waals surface area (Å²) < 4.78 is 0. The van der Waals surface area contributed by atoms with Gasteiger partial charge >= 0.3 is 0 Å². The predicted octanol–water partition coefficient (Wildman–Crippen LogP) is 1.97. The number of aliphatic imine (C=N–C) groups is 1. The van der Waals surface area contributed by atoms with Crippen LogP contribution >= 0.6 is 0 Å². The van der Waals surface area contributed by atoms with Crippen LogP contribution in [0.25, 0.3) is 0 Å². The van der Waals surface area contributed by atoms with Crippen molar-refractivity contribution >= 4 is 11.9 Å². The number of hydrogen-bond acceptors (Lipinski definition) is 3. The summed E-state index contributed by atoms with van der Waals surface area (Å²) in [7, 11) is 0. The molecule has 0 aromatic carbocycles. The predicted molar refractivity (Wildman–Crippen MR) is 54.8 cm³/mol. The van der Waals surface area contributed by atoms with Gasteiger partial charge in [0.1, 0.15) is 0 Å². The van der Waals surface area contributed by atoms with E-state index in [4.69, 9.17) is 5.84 Å². The molecule has 3 nitrogen and oxygen atoms in total. The molecule has 12 heavy (non-hydrogen) atoms. The topological polar surface area (TPSA) is 50.7 Å². The summed E-state index contributed by atoms with van der Waals surface area (Å²) in [5.74, 6) is 5.05. The molecule has 0 aliphatic rings. The van der Waals surface area contributed by atoms with Crippen LogP contribution in [0.5, 0.6) is 0 Å². The first-order valence-electron chi connectivity index (χ1n) is 4.61. The molecule has 0 radical (unpaired) electrons. The molecule has 0 aliphatic heterocycles. The molecule has 0 fully saturated rings. The quantitative estimate of drug-likeness (QED) is 0.281. The van der Waals surface area contributed by atoms with Crippen LogP contribution in [0.2, 0.25) is 0 Å². The Balaban J connectivity index is 3.81. The minimum atomic E-state index is 0.901. The van der Waals surface area contributed by atoms with E-state index in [1.807, 2.05) is 0 Å². The van der Waals surface area contributed by atoms with Crippen molar-refractivity contribution in [3.8, 4) is 0 Å². The third-order valence-electron chi connectivity index (χ3n) is 1.56. The zero-order valence-electron chi connectivity index (χ0n) is 8.08. The van der Waals surface area contributed by atoms with Gasteiger partial charge in [0.2, 0.25) is 0 Å². The Morgan fingerprint density at radius 1 is 1.33 bits per heavy atom. The smallest absolute Gasteiger partial charge is 0.0676 e. The second kappa shape index (κ2) is 8.24. The van der Waals surface area contributed by atoms with Crippen molar-refractivity contribution in [1.82, 2.24) is 0 Å². The Labute approximate surface area is 74.8 Å². The van der Waals surface area contributed by atoms with Gasteiger partial charge in [-0.1, -0.05) is 26.7 Å². The summed E-state index contributed by atoms with van der Waals surface area (Å²) in [4.78, 5) is 4.38. The van der Waals surface area contributed by atoms with E-state index in [2.05, 4.69) is 23.9 Å². The van der Waals surface area contributed by atoms with Gasteiger partial charge < -0.3 is 5.84 Å². The number of nitrogens with two attached hydrogens (primary N) is 1. The van der Waals surface area contributed by atoms with Crippen LogP contribution in [0.4, 0.5) is 0 Å². The molecule has 0 spiro atoms. The van der Waals surface area contributed by atoms with E-state index in [-0.39, 0.29) is 0 Å². The fourth-order valence-corrected chi connectivity index (χ4v) is 0.907. The third kappa shape index (κ3) is 5.89. The highest BCUT2D eigenvalue weighted by molar-refractivity contribution is 6.30. The molecule has 70 valence electrons. The molecule has 0 bridgehead atoms. The van der Waals surface area contributed by atoms with Crippen LogP contribution in [0.15, 0.2) is 10.1 Å². The van der Waals surface area contributed by atoms with Crippen LogP contribution in [0, 0.1) is 0 Å². The highest BCUT2D eigenvalue weighted by Crippen LogP contribution is 1.93. The van der Waals surface area contributed by atoms with E-state index in [0.29, 0.717) is 0 Å². The van der Waals surface area contributed by atoms with Crippen molar-refractivity contribution in [2.24, 2.45) is 15.9 Å². The summed E-state index contributed by atoms with van der Waals surface area (Å²) in [6, 6.07) is 0. The molecule has 0 saturated heterocycles. The summed E-state index contributed by atoms with van der Waals surface area (Å²) in [6.07, 6.45) is 6.05. The molecule has 0 aliphatic carbocycles. The number of nitrogens with zero attached hydrogens (tertiary/aromatic N) is 2. The van der Waals surface area contributed by atoms with Gasteiger partial charge in [-0.2, -0.15) is 5.10 Å². The minimum absolute atomic E-state index is 0.901. The lowest BCUT2D eigenvalue weighted by Gasteiger charge is -1.97.